The lowest BCUT2D eigenvalue weighted by atomic mass is 9.53. The lowest BCUT2D eigenvalue weighted by Gasteiger charge is -2.57. The number of rotatable bonds is 4. The minimum atomic E-state index is -3.54. The van der Waals surface area contributed by atoms with Crippen molar-refractivity contribution >= 4 is 16.1 Å². The first kappa shape index (κ1) is 22.7. The summed E-state index contributed by atoms with van der Waals surface area (Å²) in [5, 5.41) is 3.52. The first-order chi connectivity index (χ1) is 16.3. The minimum Gasteiger partial charge on any atom is -0.497 e. The summed E-state index contributed by atoms with van der Waals surface area (Å²) in [4.78, 5) is 15.6. The highest BCUT2D eigenvalue weighted by Gasteiger charge is 2.52. The first-order valence-electron chi connectivity index (χ1n) is 13.0. The second-order valence-corrected chi connectivity index (χ2v) is 13.8. The molecule has 8 heteroatoms. The van der Waals surface area contributed by atoms with Gasteiger partial charge in [0.1, 0.15) is 5.75 Å². The quantitative estimate of drug-likeness (QED) is 0.700. The molecular formula is C26H37N3O4S. The molecule has 2 heterocycles. The second-order valence-electron chi connectivity index (χ2n) is 11.9. The predicted octanol–water partition coefficient (Wildman–Crippen LogP) is 3.85. The van der Waals surface area contributed by atoms with Gasteiger partial charge >= 0.3 is 6.03 Å². The van der Waals surface area contributed by atoms with E-state index in [9.17, 15) is 13.2 Å². The van der Waals surface area contributed by atoms with Crippen LogP contribution in [0.25, 0.3) is 0 Å². The number of urea groups is 1. The van der Waals surface area contributed by atoms with E-state index in [0.717, 1.165) is 50.1 Å². The van der Waals surface area contributed by atoms with Crippen LogP contribution in [0.1, 0.15) is 57.8 Å². The number of piperidine rings is 1. The van der Waals surface area contributed by atoms with Crippen molar-refractivity contribution < 1.29 is 17.9 Å². The fourth-order valence-electron chi connectivity index (χ4n) is 8.20. The van der Waals surface area contributed by atoms with Crippen LogP contribution >= 0.6 is 0 Å². The summed E-state index contributed by atoms with van der Waals surface area (Å²) >= 11 is 0. The zero-order valence-corrected chi connectivity index (χ0v) is 21.0. The molecule has 7 rings (SSSR count). The van der Waals surface area contributed by atoms with E-state index in [1.807, 2.05) is 4.90 Å². The number of hydrogen-bond acceptors (Lipinski definition) is 4. The Morgan fingerprint density at radius 3 is 2.24 bits per heavy atom. The van der Waals surface area contributed by atoms with E-state index < -0.39 is 10.0 Å². The highest BCUT2D eigenvalue weighted by Crippen LogP contribution is 2.55. The van der Waals surface area contributed by atoms with Crippen LogP contribution in [0.4, 0.5) is 4.79 Å². The Morgan fingerprint density at radius 1 is 1.00 bits per heavy atom. The van der Waals surface area contributed by atoms with E-state index in [1.165, 1.54) is 38.5 Å². The number of likely N-dealkylation sites (tertiary alicyclic amines) is 1. The second kappa shape index (κ2) is 8.12. The Morgan fingerprint density at radius 2 is 1.62 bits per heavy atom. The van der Waals surface area contributed by atoms with Gasteiger partial charge in [-0.05, 0) is 93.1 Å². The maximum Gasteiger partial charge on any atom is 0.317 e. The van der Waals surface area contributed by atoms with Crippen molar-refractivity contribution in [1.29, 1.82) is 0 Å². The monoisotopic (exact) mass is 487 g/mol. The molecule has 4 saturated carbocycles. The van der Waals surface area contributed by atoms with Crippen molar-refractivity contribution in [3.8, 4) is 5.75 Å². The van der Waals surface area contributed by atoms with E-state index in [0.29, 0.717) is 18.8 Å². The normalized spacial score (nSPS) is 34.5. The summed E-state index contributed by atoms with van der Waals surface area (Å²) in [6, 6.07) is 6.81. The number of nitrogens with one attached hydrogen (secondary N) is 1. The average Bonchev–Trinajstić information content (AvgIpc) is 3.22. The largest absolute Gasteiger partial charge is 0.497 e. The van der Waals surface area contributed by atoms with Gasteiger partial charge < -0.3 is 15.0 Å². The van der Waals surface area contributed by atoms with Gasteiger partial charge in [0, 0.05) is 37.8 Å². The summed E-state index contributed by atoms with van der Waals surface area (Å²) in [6.07, 6.45) is 10.2. The van der Waals surface area contributed by atoms with E-state index in [-0.39, 0.29) is 21.9 Å². The molecule has 0 radical (unpaired) electrons. The van der Waals surface area contributed by atoms with Crippen LogP contribution in [0.3, 0.4) is 0 Å². The number of hydrogen-bond donors (Lipinski definition) is 1. The van der Waals surface area contributed by atoms with Crippen molar-refractivity contribution in [1.82, 2.24) is 14.5 Å². The smallest absolute Gasteiger partial charge is 0.317 e. The molecule has 2 saturated heterocycles. The number of nitrogens with zero attached hydrogens (tertiary/aromatic N) is 2. The molecule has 6 aliphatic rings. The van der Waals surface area contributed by atoms with Gasteiger partial charge in [0.15, 0.2) is 0 Å². The highest BCUT2D eigenvalue weighted by molar-refractivity contribution is 7.89. The standard InChI is InChI=1S/C26H37N3O4S/c1-33-22-3-2-4-23(14-22)34(31,32)29-9-6-25(7-10-29)5-8-28(18-25)24(30)27-26-15-19-11-20(16-26)13-21(12-19)17-26/h2-4,14,19-21H,5-13,15-18H2,1H3,(H,27,30). The maximum atomic E-state index is 13.3. The molecule has 0 unspecified atom stereocenters. The van der Waals surface area contributed by atoms with Crippen LogP contribution in [0.15, 0.2) is 29.2 Å². The molecule has 186 valence electrons. The number of sulfonamides is 1. The molecule has 4 aliphatic carbocycles. The number of benzene rings is 1. The molecule has 1 N–H and O–H groups in total. The molecule has 4 bridgehead atoms. The van der Waals surface area contributed by atoms with E-state index >= 15 is 0 Å². The maximum absolute atomic E-state index is 13.3. The lowest BCUT2D eigenvalue weighted by Crippen LogP contribution is -2.61. The third kappa shape index (κ3) is 3.91. The van der Waals surface area contributed by atoms with Gasteiger partial charge in [0.25, 0.3) is 0 Å². The van der Waals surface area contributed by atoms with Crippen molar-refractivity contribution in [2.24, 2.45) is 23.2 Å². The molecule has 34 heavy (non-hydrogen) atoms. The SMILES string of the molecule is COc1cccc(S(=O)(=O)N2CCC3(CCN(C(=O)NC45CC6CC(CC(C6)C4)C5)C3)CC2)c1. The number of carbonyl (C=O) groups excluding carboxylic acids is 1. The molecular weight excluding hydrogens is 450 g/mol. The third-order valence-electron chi connectivity index (χ3n) is 9.60. The Hall–Kier alpha value is -1.80. The third-order valence-corrected chi connectivity index (χ3v) is 11.5. The molecule has 2 aliphatic heterocycles. The summed E-state index contributed by atoms with van der Waals surface area (Å²) in [5.41, 5.74) is 0.0784. The van der Waals surface area contributed by atoms with Crippen LogP contribution in [0.5, 0.6) is 5.75 Å². The Kier molecular flexibility index (Phi) is 5.41. The van der Waals surface area contributed by atoms with Gasteiger partial charge in [-0.1, -0.05) is 6.07 Å². The van der Waals surface area contributed by atoms with Crippen LogP contribution < -0.4 is 10.1 Å². The minimum absolute atomic E-state index is 0.0375. The van der Waals surface area contributed by atoms with Crippen LogP contribution in [-0.2, 0) is 10.0 Å². The van der Waals surface area contributed by atoms with E-state index in [4.69, 9.17) is 4.74 Å². The Labute approximate surface area is 203 Å². The van der Waals surface area contributed by atoms with Crippen LogP contribution in [-0.4, -0.2) is 62.5 Å². The number of methoxy groups -OCH3 is 1. The topological polar surface area (TPSA) is 79.0 Å². The molecule has 1 aromatic rings. The number of ether oxygens (including phenoxy) is 1. The predicted molar refractivity (Wildman–Crippen MR) is 129 cm³/mol. The molecule has 1 spiro atoms. The van der Waals surface area contributed by atoms with E-state index in [2.05, 4.69) is 5.32 Å². The van der Waals surface area contributed by atoms with Gasteiger partial charge in [0.05, 0.1) is 12.0 Å². The van der Waals surface area contributed by atoms with Crippen molar-refractivity contribution in [3.63, 3.8) is 0 Å². The highest BCUT2D eigenvalue weighted by atomic mass is 32.2. The average molecular weight is 488 g/mol. The number of amides is 2. The summed E-state index contributed by atoms with van der Waals surface area (Å²) in [6.45, 7) is 2.53. The van der Waals surface area contributed by atoms with Gasteiger partial charge in [-0.2, -0.15) is 4.31 Å². The number of carbonyl (C=O) groups is 1. The van der Waals surface area contributed by atoms with Crippen molar-refractivity contribution in [2.75, 3.05) is 33.3 Å². The molecule has 0 atom stereocenters. The van der Waals surface area contributed by atoms with E-state index in [1.54, 1.807) is 35.7 Å². The zero-order chi connectivity index (χ0) is 23.6. The summed E-state index contributed by atoms with van der Waals surface area (Å²) < 4.78 is 33.2. The Balaban J connectivity index is 1.07. The molecule has 6 fully saturated rings. The van der Waals surface area contributed by atoms with Crippen LogP contribution in [0.2, 0.25) is 0 Å². The first-order valence-corrected chi connectivity index (χ1v) is 14.4. The molecule has 0 aromatic heterocycles. The fourth-order valence-corrected chi connectivity index (χ4v) is 9.67. The van der Waals surface area contributed by atoms with Gasteiger partial charge in [-0.15, -0.1) is 0 Å². The summed E-state index contributed by atoms with van der Waals surface area (Å²) in [5.74, 6) is 2.98. The van der Waals surface area contributed by atoms with Crippen LogP contribution in [0, 0.1) is 23.2 Å². The van der Waals surface area contributed by atoms with Gasteiger partial charge in [-0.3, -0.25) is 0 Å². The van der Waals surface area contributed by atoms with Gasteiger partial charge in [-0.25, -0.2) is 13.2 Å². The van der Waals surface area contributed by atoms with Crippen molar-refractivity contribution in [2.45, 2.75) is 68.2 Å². The van der Waals surface area contributed by atoms with Crippen molar-refractivity contribution in [3.05, 3.63) is 24.3 Å². The molecule has 1 aromatic carbocycles. The zero-order valence-electron chi connectivity index (χ0n) is 20.2. The Bertz CT molecular complexity index is 1030. The molecule has 2 amide bonds. The summed E-state index contributed by atoms with van der Waals surface area (Å²) in [7, 11) is -2.00. The van der Waals surface area contributed by atoms with Gasteiger partial charge in [0.2, 0.25) is 10.0 Å². The lowest BCUT2D eigenvalue weighted by molar-refractivity contribution is -0.0155. The fraction of sp³-hybridized carbons (Fsp3) is 0.731. The molecule has 7 nitrogen and oxygen atoms in total.